The van der Waals surface area contributed by atoms with Crippen molar-refractivity contribution in [2.24, 2.45) is 11.7 Å². The van der Waals surface area contributed by atoms with Crippen molar-refractivity contribution in [2.75, 3.05) is 31.3 Å². The zero-order valence-corrected chi connectivity index (χ0v) is 22.0. The Morgan fingerprint density at radius 2 is 1.89 bits per heavy atom. The number of amides is 2. The Bertz CT molecular complexity index is 1210. The van der Waals surface area contributed by atoms with Gasteiger partial charge in [-0.2, -0.15) is 5.10 Å². The standard InChI is InChI=1S/C24H35N5O5S/c1-7-19-21(22(23(25)30)29(27-19)16-11-28(12-16)15(4)5)26-24(31)18-10-17(35(6,32)33)8-9-20(18)34-13-14(2)3/h8-10,14-16H,7,11-13H2,1-6H3,(H2,25,30)(H,26,31). The van der Waals surface area contributed by atoms with E-state index in [1.165, 1.54) is 18.2 Å². The van der Waals surface area contributed by atoms with Crippen LogP contribution in [0.25, 0.3) is 0 Å². The number of nitrogens with two attached hydrogens (primary N) is 1. The lowest BCUT2D eigenvalue weighted by molar-refractivity contribution is 0.0642. The third kappa shape index (κ3) is 5.84. The summed E-state index contributed by atoms with van der Waals surface area (Å²) in [4.78, 5) is 28.1. The molecule has 1 aromatic heterocycles. The molecule has 11 heteroatoms. The van der Waals surface area contributed by atoms with Crippen LogP contribution in [0.4, 0.5) is 5.69 Å². The number of anilines is 1. The second-order valence-electron chi connectivity index (χ2n) is 9.62. The van der Waals surface area contributed by atoms with E-state index in [4.69, 9.17) is 10.5 Å². The van der Waals surface area contributed by atoms with Gasteiger partial charge in [-0.25, -0.2) is 8.42 Å². The molecule has 0 unspecified atom stereocenters. The van der Waals surface area contributed by atoms with Crippen molar-refractivity contribution in [1.82, 2.24) is 14.7 Å². The lowest BCUT2D eigenvalue weighted by atomic mass is 10.1. The van der Waals surface area contributed by atoms with E-state index in [-0.39, 0.29) is 39.5 Å². The first-order valence-electron chi connectivity index (χ1n) is 11.8. The molecule has 1 fully saturated rings. The first-order chi connectivity index (χ1) is 16.3. The molecule has 1 saturated heterocycles. The lowest BCUT2D eigenvalue weighted by Gasteiger charge is -2.42. The number of hydrogen-bond acceptors (Lipinski definition) is 7. The summed E-state index contributed by atoms with van der Waals surface area (Å²) in [6, 6.07) is 4.50. The van der Waals surface area contributed by atoms with Crippen LogP contribution in [0, 0.1) is 5.92 Å². The molecule has 10 nitrogen and oxygen atoms in total. The van der Waals surface area contributed by atoms with Crippen molar-refractivity contribution in [3.05, 3.63) is 35.2 Å². The average molecular weight is 506 g/mol. The number of likely N-dealkylation sites (tertiary alicyclic amines) is 1. The fourth-order valence-electron chi connectivity index (χ4n) is 3.91. The monoisotopic (exact) mass is 505 g/mol. The van der Waals surface area contributed by atoms with Gasteiger partial charge in [-0.05, 0) is 44.4 Å². The fraction of sp³-hybridized carbons (Fsp3) is 0.542. The molecule has 1 aliphatic rings. The lowest BCUT2D eigenvalue weighted by Crippen LogP contribution is -2.51. The largest absolute Gasteiger partial charge is 0.492 e. The molecule has 3 N–H and O–H groups in total. The van der Waals surface area contributed by atoms with Gasteiger partial charge in [-0.3, -0.25) is 19.2 Å². The molecule has 0 radical (unpaired) electrons. The van der Waals surface area contributed by atoms with Crippen LogP contribution in [0.3, 0.4) is 0 Å². The van der Waals surface area contributed by atoms with Gasteiger partial charge in [-0.1, -0.05) is 20.8 Å². The van der Waals surface area contributed by atoms with Crippen LogP contribution in [0.15, 0.2) is 23.1 Å². The molecule has 0 saturated carbocycles. The number of hydrogen-bond donors (Lipinski definition) is 2. The van der Waals surface area contributed by atoms with Crippen LogP contribution in [-0.4, -0.2) is 66.9 Å². The van der Waals surface area contributed by atoms with Gasteiger partial charge in [0.05, 0.1) is 34.5 Å². The van der Waals surface area contributed by atoms with Crippen molar-refractivity contribution >= 4 is 27.3 Å². The molecule has 2 heterocycles. The Morgan fingerprint density at radius 3 is 2.40 bits per heavy atom. The van der Waals surface area contributed by atoms with Crippen molar-refractivity contribution in [3.8, 4) is 5.75 Å². The number of rotatable bonds is 10. The van der Waals surface area contributed by atoms with Gasteiger partial charge < -0.3 is 15.8 Å². The van der Waals surface area contributed by atoms with Gasteiger partial charge in [0.25, 0.3) is 11.8 Å². The van der Waals surface area contributed by atoms with E-state index in [0.717, 1.165) is 19.3 Å². The van der Waals surface area contributed by atoms with Crippen molar-refractivity contribution < 1.29 is 22.7 Å². The number of ether oxygens (including phenoxy) is 1. The Hall–Kier alpha value is -2.92. The normalized spacial score (nSPS) is 14.9. The van der Waals surface area contributed by atoms with E-state index in [0.29, 0.717) is 24.8 Å². The summed E-state index contributed by atoms with van der Waals surface area (Å²) in [5.41, 5.74) is 6.68. The van der Waals surface area contributed by atoms with E-state index in [2.05, 4.69) is 29.2 Å². The molecule has 3 rings (SSSR count). The SMILES string of the molecule is CCc1nn(C2CN(C(C)C)C2)c(C(N)=O)c1NC(=O)c1cc(S(C)(=O)=O)ccc1OCC(C)C. The summed E-state index contributed by atoms with van der Waals surface area (Å²) in [7, 11) is -3.56. The maximum Gasteiger partial charge on any atom is 0.269 e. The molecule has 0 spiro atoms. The number of primary amides is 1. The molecule has 2 amide bonds. The number of carbonyl (C=O) groups excluding carboxylic acids is 2. The maximum atomic E-state index is 13.4. The Morgan fingerprint density at radius 1 is 1.23 bits per heavy atom. The Labute approximate surface area is 206 Å². The van der Waals surface area contributed by atoms with Gasteiger partial charge >= 0.3 is 0 Å². The van der Waals surface area contributed by atoms with Crippen LogP contribution in [0.5, 0.6) is 5.75 Å². The third-order valence-corrected chi connectivity index (χ3v) is 7.06. The molecule has 0 bridgehead atoms. The molecule has 0 atom stereocenters. The predicted octanol–water partition coefficient (Wildman–Crippen LogP) is 2.50. The molecular formula is C24H35N5O5S. The summed E-state index contributed by atoms with van der Waals surface area (Å²) < 4.78 is 31.7. The minimum atomic E-state index is -3.56. The van der Waals surface area contributed by atoms with Crippen LogP contribution < -0.4 is 15.8 Å². The van der Waals surface area contributed by atoms with Crippen LogP contribution in [-0.2, 0) is 16.3 Å². The molecule has 0 aliphatic carbocycles. The molecule has 192 valence electrons. The second kappa shape index (κ2) is 10.4. The van der Waals surface area contributed by atoms with Gasteiger partial charge in [0.2, 0.25) is 0 Å². The van der Waals surface area contributed by atoms with Crippen molar-refractivity contribution in [3.63, 3.8) is 0 Å². The zero-order valence-electron chi connectivity index (χ0n) is 21.2. The maximum absolute atomic E-state index is 13.4. The molecule has 1 aromatic carbocycles. The predicted molar refractivity (Wildman–Crippen MR) is 134 cm³/mol. The first kappa shape index (κ1) is 26.7. The van der Waals surface area contributed by atoms with E-state index in [1.807, 2.05) is 20.8 Å². The average Bonchev–Trinajstić information content (AvgIpc) is 3.07. The summed E-state index contributed by atoms with van der Waals surface area (Å²) in [6.07, 6.45) is 1.53. The van der Waals surface area contributed by atoms with Crippen LogP contribution in [0.1, 0.15) is 67.2 Å². The highest BCUT2D eigenvalue weighted by molar-refractivity contribution is 7.90. The quantitative estimate of drug-likeness (QED) is 0.506. The molecular weight excluding hydrogens is 470 g/mol. The number of aromatic nitrogens is 2. The van der Waals surface area contributed by atoms with Gasteiger partial charge in [-0.15, -0.1) is 0 Å². The van der Waals surface area contributed by atoms with Crippen LogP contribution in [0.2, 0.25) is 0 Å². The highest BCUT2D eigenvalue weighted by Gasteiger charge is 2.35. The Kier molecular flexibility index (Phi) is 7.90. The smallest absolute Gasteiger partial charge is 0.269 e. The second-order valence-corrected chi connectivity index (χ2v) is 11.6. The summed E-state index contributed by atoms with van der Waals surface area (Å²) in [5, 5.41) is 7.38. The van der Waals surface area contributed by atoms with Gasteiger partial charge in [0.15, 0.2) is 9.84 Å². The van der Waals surface area contributed by atoms with Gasteiger partial charge in [0.1, 0.15) is 11.4 Å². The minimum Gasteiger partial charge on any atom is -0.492 e. The highest BCUT2D eigenvalue weighted by atomic mass is 32.2. The summed E-state index contributed by atoms with van der Waals surface area (Å²) in [5.74, 6) is -0.860. The number of nitrogens with one attached hydrogen (secondary N) is 1. The number of aryl methyl sites for hydroxylation is 1. The number of sulfone groups is 1. The van der Waals surface area contributed by atoms with E-state index < -0.39 is 21.7 Å². The number of nitrogens with zero attached hydrogens (tertiary/aromatic N) is 3. The van der Waals surface area contributed by atoms with E-state index in [1.54, 1.807) is 4.68 Å². The molecule has 2 aromatic rings. The summed E-state index contributed by atoms with van der Waals surface area (Å²) >= 11 is 0. The minimum absolute atomic E-state index is 0.00988. The number of benzene rings is 1. The fourth-order valence-corrected chi connectivity index (χ4v) is 4.55. The topological polar surface area (TPSA) is 137 Å². The van der Waals surface area contributed by atoms with Gasteiger partial charge in [0, 0.05) is 25.4 Å². The molecule has 1 aliphatic heterocycles. The van der Waals surface area contributed by atoms with Crippen molar-refractivity contribution in [2.45, 2.75) is 58.0 Å². The van der Waals surface area contributed by atoms with Crippen molar-refractivity contribution in [1.29, 1.82) is 0 Å². The van der Waals surface area contributed by atoms with E-state index in [9.17, 15) is 18.0 Å². The summed E-state index contributed by atoms with van der Waals surface area (Å²) in [6.45, 7) is 11.8. The van der Waals surface area contributed by atoms with E-state index >= 15 is 0 Å². The molecule has 35 heavy (non-hydrogen) atoms. The Balaban J connectivity index is 2.01. The zero-order chi connectivity index (χ0) is 26.1. The van der Waals surface area contributed by atoms with Crippen LogP contribution >= 0.6 is 0 Å². The first-order valence-corrected chi connectivity index (χ1v) is 13.7. The number of carbonyl (C=O) groups is 2. The third-order valence-electron chi connectivity index (χ3n) is 5.95. The highest BCUT2D eigenvalue weighted by Crippen LogP contribution is 2.31.